The van der Waals surface area contributed by atoms with Crippen LogP contribution >= 0.6 is 11.6 Å². The van der Waals surface area contributed by atoms with E-state index in [1.165, 1.54) is 38.2 Å². The first kappa shape index (κ1) is 23.3. The van der Waals surface area contributed by atoms with Crippen molar-refractivity contribution in [2.75, 3.05) is 10.6 Å². The Bertz CT molecular complexity index is 1120. The lowest BCUT2D eigenvalue weighted by Crippen LogP contribution is -2.32. The summed E-state index contributed by atoms with van der Waals surface area (Å²) in [5.74, 6) is 0.675. The van der Waals surface area contributed by atoms with Gasteiger partial charge in [-0.1, -0.05) is 6.07 Å². The molecule has 3 rings (SSSR count). The number of aromatic nitrogens is 2. The molecule has 7 nitrogen and oxygen atoms in total. The highest BCUT2D eigenvalue weighted by atomic mass is 35.5. The number of anilines is 2. The molecule has 11 heteroatoms. The molecular formula is C21H19ClF3N5O2. The number of amides is 2. The number of nitrogens with one attached hydrogen (secondary N) is 2. The van der Waals surface area contributed by atoms with Crippen molar-refractivity contribution in [3.8, 4) is 11.6 Å². The average Bonchev–Trinajstić information content (AvgIpc) is 2.68. The van der Waals surface area contributed by atoms with Crippen molar-refractivity contribution in [2.24, 2.45) is 5.73 Å². The van der Waals surface area contributed by atoms with Crippen molar-refractivity contribution in [1.82, 2.24) is 9.97 Å². The number of benzene rings is 2. The maximum absolute atomic E-state index is 13.4. The molecular weight excluding hydrogens is 447 g/mol. The van der Waals surface area contributed by atoms with Crippen molar-refractivity contribution in [1.29, 1.82) is 0 Å². The summed E-state index contributed by atoms with van der Waals surface area (Å²) in [6.07, 6.45) is -3.18. The van der Waals surface area contributed by atoms with Crippen molar-refractivity contribution in [2.45, 2.75) is 25.6 Å². The topological polar surface area (TPSA) is 102 Å². The second kappa shape index (κ2) is 9.01. The summed E-state index contributed by atoms with van der Waals surface area (Å²) < 4.78 is 45.9. The number of halogens is 4. The largest absolute Gasteiger partial charge is 0.439 e. The van der Waals surface area contributed by atoms with E-state index in [9.17, 15) is 18.0 Å². The summed E-state index contributed by atoms with van der Waals surface area (Å²) in [6, 6.07) is 10.5. The predicted molar refractivity (Wildman–Crippen MR) is 115 cm³/mol. The van der Waals surface area contributed by atoms with E-state index in [0.29, 0.717) is 11.4 Å². The minimum atomic E-state index is -4.62. The Morgan fingerprint density at radius 1 is 1.00 bits per heavy atom. The lowest BCUT2D eigenvalue weighted by Gasteiger charge is -2.24. The molecule has 0 radical (unpaired) electrons. The number of hydrogen-bond acceptors (Lipinski definition) is 5. The monoisotopic (exact) mass is 465 g/mol. The zero-order valence-corrected chi connectivity index (χ0v) is 17.8. The molecule has 2 aromatic carbocycles. The minimum Gasteiger partial charge on any atom is -0.439 e. The van der Waals surface area contributed by atoms with E-state index in [1.807, 2.05) is 0 Å². The minimum absolute atomic E-state index is 0.0246. The third-order valence-corrected chi connectivity index (χ3v) is 4.39. The number of ether oxygens (including phenoxy) is 1. The van der Waals surface area contributed by atoms with E-state index >= 15 is 0 Å². The molecule has 0 aliphatic carbocycles. The Hall–Kier alpha value is -3.37. The van der Waals surface area contributed by atoms with E-state index in [-0.39, 0.29) is 22.4 Å². The van der Waals surface area contributed by atoms with Gasteiger partial charge < -0.3 is 21.1 Å². The molecule has 4 N–H and O–H groups in total. The fourth-order valence-electron chi connectivity index (χ4n) is 2.82. The molecule has 32 heavy (non-hydrogen) atoms. The number of carbonyl (C=O) groups excluding carboxylic acids is 1. The molecule has 3 aromatic rings. The highest BCUT2D eigenvalue weighted by Gasteiger charge is 2.36. The van der Waals surface area contributed by atoms with Crippen molar-refractivity contribution in [3.63, 3.8) is 0 Å². The van der Waals surface area contributed by atoms with Crippen LogP contribution in [0.2, 0.25) is 5.28 Å². The number of nitrogens with two attached hydrogens (primary N) is 1. The molecule has 0 fully saturated rings. The van der Waals surface area contributed by atoms with Gasteiger partial charge in [-0.15, -0.1) is 0 Å². The van der Waals surface area contributed by atoms with Gasteiger partial charge in [0.1, 0.15) is 5.75 Å². The van der Waals surface area contributed by atoms with Crippen LogP contribution in [0.15, 0.2) is 54.7 Å². The van der Waals surface area contributed by atoms with Crippen molar-refractivity contribution in [3.05, 3.63) is 71.1 Å². The Labute approximate surface area is 186 Å². The van der Waals surface area contributed by atoms with Crippen molar-refractivity contribution < 1.29 is 22.7 Å². The van der Waals surface area contributed by atoms with Crippen LogP contribution in [0.5, 0.6) is 11.6 Å². The van der Waals surface area contributed by atoms with Crippen LogP contribution in [0.4, 0.5) is 29.3 Å². The highest BCUT2D eigenvalue weighted by Crippen LogP contribution is 2.37. The molecule has 0 aliphatic heterocycles. The van der Waals surface area contributed by atoms with Gasteiger partial charge in [0.15, 0.2) is 0 Å². The Kier molecular flexibility index (Phi) is 6.56. The second-order valence-corrected chi connectivity index (χ2v) is 7.69. The maximum atomic E-state index is 13.4. The molecule has 1 heterocycles. The summed E-state index contributed by atoms with van der Waals surface area (Å²) >= 11 is 5.70. The van der Waals surface area contributed by atoms with Crippen LogP contribution in [0, 0.1) is 0 Å². The predicted octanol–water partition coefficient (Wildman–Crippen LogP) is 5.78. The van der Waals surface area contributed by atoms with Crippen molar-refractivity contribution >= 4 is 29.0 Å². The number of rotatable bonds is 5. The molecule has 0 aliphatic rings. The standard InChI is InChI=1S/C21H19ClF3N5O2/c1-20(2,26)15-8-5-13(11-16(15)21(23,24)25)29-19(31)28-12-3-6-14(7-4-12)32-17-9-10-27-18(22)30-17/h3-11H,26H2,1-2H3,(H2,28,29,31). The fourth-order valence-corrected chi connectivity index (χ4v) is 2.95. The molecule has 2 amide bonds. The number of urea groups is 1. The van der Waals surface area contributed by atoms with Crippen LogP contribution in [0.3, 0.4) is 0 Å². The van der Waals surface area contributed by atoms with Crippen LogP contribution in [0.25, 0.3) is 0 Å². The summed E-state index contributed by atoms with van der Waals surface area (Å²) in [7, 11) is 0. The molecule has 0 atom stereocenters. The van der Waals surface area contributed by atoms with Crippen LogP contribution in [0.1, 0.15) is 25.0 Å². The van der Waals surface area contributed by atoms with Gasteiger partial charge in [-0.2, -0.15) is 18.2 Å². The van der Waals surface area contributed by atoms with Gasteiger partial charge in [-0.05, 0) is 67.4 Å². The molecule has 168 valence electrons. The van der Waals surface area contributed by atoms with Gasteiger partial charge in [-0.3, -0.25) is 0 Å². The highest BCUT2D eigenvalue weighted by molar-refractivity contribution is 6.28. The van der Waals surface area contributed by atoms with E-state index in [2.05, 4.69) is 20.6 Å². The quantitative estimate of drug-likeness (QED) is 0.414. The van der Waals surface area contributed by atoms with E-state index in [1.54, 1.807) is 24.3 Å². The fraction of sp³-hybridized carbons (Fsp3) is 0.190. The van der Waals surface area contributed by atoms with Crippen LogP contribution in [-0.4, -0.2) is 16.0 Å². The number of carbonyl (C=O) groups is 1. The lowest BCUT2D eigenvalue weighted by atomic mass is 9.90. The van der Waals surface area contributed by atoms with Gasteiger partial charge in [-0.25, -0.2) is 9.78 Å². The van der Waals surface area contributed by atoms with E-state index < -0.39 is 23.3 Å². The number of nitrogens with zero attached hydrogens (tertiary/aromatic N) is 2. The summed E-state index contributed by atoms with van der Waals surface area (Å²) in [6.45, 7) is 2.95. The molecule has 1 aromatic heterocycles. The summed E-state index contributed by atoms with van der Waals surface area (Å²) in [5.41, 5.74) is 4.04. The molecule has 0 unspecified atom stereocenters. The van der Waals surface area contributed by atoms with Gasteiger partial charge >= 0.3 is 12.2 Å². The Balaban J connectivity index is 1.68. The van der Waals surface area contributed by atoms with E-state index in [4.69, 9.17) is 22.1 Å². The first-order chi connectivity index (χ1) is 14.9. The zero-order valence-electron chi connectivity index (χ0n) is 17.0. The van der Waals surface area contributed by atoms with Gasteiger partial charge in [0, 0.05) is 29.2 Å². The van der Waals surface area contributed by atoms with Crippen LogP contribution in [-0.2, 0) is 11.7 Å². The number of hydrogen-bond donors (Lipinski definition) is 3. The normalized spacial score (nSPS) is 11.7. The Morgan fingerprint density at radius 3 is 2.22 bits per heavy atom. The zero-order chi connectivity index (χ0) is 23.5. The molecule has 0 spiro atoms. The average molecular weight is 466 g/mol. The van der Waals surface area contributed by atoms with Crippen LogP contribution < -0.4 is 21.1 Å². The number of alkyl halides is 3. The third kappa shape index (κ3) is 6.08. The lowest BCUT2D eigenvalue weighted by molar-refractivity contribution is -0.138. The summed E-state index contributed by atoms with van der Waals surface area (Å²) in [5, 5.41) is 4.96. The van der Waals surface area contributed by atoms with Gasteiger partial charge in [0.05, 0.1) is 5.56 Å². The van der Waals surface area contributed by atoms with Gasteiger partial charge in [0.25, 0.3) is 0 Å². The maximum Gasteiger partial charge on any atom is 0.416 e. The molecule has 0 saturated carbocycles. The summed E-state index contributed by atoms with van der Waals surface area (Å²) in [4.78, 5) is 19.9. The smallest absolute Gasteiger partial charge is 0.416 e. The third-order valence-electron chi connectivity index (χ3n) is 4.21. The first-order valence-electron chi connectivity index (χ1n) is 9.27. The van der Waals surface area contributed by atoms with Gasteiger partial charge in [0.2, 0.25) is 11.2 Å². The SMILES string of the molecule is CC(C)(N)c1ccc(NC(=O)Nc2ccc(Oc3ccnc(Cl)n3)cc2)cc1C(F)(F)F. The van der Waals surface area contributed by atoms with E-state index in [0.717, 1.165) is 6.07 Å². The molecule has 0 saturated heterocycles. The Morgan fingerprint density at radius 2 is 1.62 bits per heavy atom. The second-order valence-electron chi connectivity index (χ2n) is 7.35. The first-order valence-corrected chi connectivity index (χ1v) is 9.65. The molecule has 0 bridgehead atoms.